The van der Waals surface area contributed by atoms with Gasteiger partial charge in [0.25, 0.3) is 0 Å². The zero-order valence-corrected chi connectivity index (χ0v) is 13.7. The second-order valence-corrected chi connectivity index (χ2v) is 8.84. The fraction of sp³-hybridized carbons (Fsp3) is 0.818. The van der Waals surface area contributed by atoms with E-state index < -0.39 is 8.80 Å². The first kappa shape index (κ1) is 17.5. The van der Waals surface area contributed by atoms with E-state index in [0.717, 1.165) is 24.0 Å². The maximum absolute atomic E-state index is 5.37. The molecule has 0 amide bonds. The van der Waals surface area contributed by atoms with E-state index in [-0.39, 0.29) is 0 Å². The van der Waals surface area contributed by atoms with Gasteiger partial charge in [-0.1, -0.05) is 6.08 Å². The zero-order valence-electron chi connectivity index (χ0n) is 11.1. The van der Waals surface area contributed by atoms with Crippen LogP contribution in [0.3, 0.4) is 0 Å². The molecule has 0 aromatic rings. The largest absolute Gasteiger partial charge is 0.500 e. The molecular formula is C11H24O3S2Si. The van der Waals surface area contributed by atoms with Gasteiger partial charge in [-0.15, -0.1) is 6.58 Å². The molecule has 102 valence electrons. The zero-order chi connectivity index (χ0) is 13.0. The minimum Gasteiger partial charge on any atom is -0.377 e. The highest BCUT2D eigenvalue weighted by atomic mass is 32.2. The Bertz CT molecular complexity index is 181. The van der Waals surface area contributed by atoms with Crippen LogP contribution in [-0.2, 0) is 13.3 Å². The van der Waals surface area contributed by atoms with E-state index in [2.05, 4.69) is 6.58 Å². The molecule has 0 aliphatic heterocycles. The van der Waals surface area contributed by atoms with Gasteiger partial charge in [0, 0.05) is 44.6 Å². The Morgan fingerprint density at radius 1 is 1.00 bits per heavy atom. The van der Waals surface area contributed by atoms with Crippen molar-refractivity contribution >= 4 is 32.3 Å². The van der Waals surface area contributed by atoms with Gasteiger partial charge < -0.3 is 13.3 Å². The monoisotopic (exact) mass is 296 g/mol. The van der Waals surface area contributed by atoms with Gasteiger partial charge in [0.2, 0.25) is 0 Å². The van der Waals surface area contributed by atoms with Gasteiger partial charge in [-0.3, -0.25) is 0 Å². The standard InChI is InChI=1S/C11H24O3S2Si/c1-5-7-15-9-10-16-8-6-11-17(12-2,13-3)14-4/h5H,1,6-11H2,2-4H3. The van der Waals surface area contributed by atoms with Gasteiger partial charge >= 0.3 is 8.80 Å². The molecule has 0 fully saturated rings. The highest BCUT2D eigenvalue weighted by molar-refractivity contribution is 8.02. The maximum atomic E-state index is 5.37. The lowest BCUT2D eigenvalue weighted by molar-refractivity contribution is 0.123. The van der Waals surface area contributed by atoms with Crippen molar-refractivity contribution in [2.24, 2.45) is 0 Å². The highest BCUT2D eigenvalue weighted by Crippen LogP contribution is 2.17. The normalized spacial score (nSPS) is 11.7. The molecule has 17 heavy (non-hydrogen) atoms. The van der Waals surface area contributed by atoms with Crippen LogP contribution < -0.4 is 0 Å². The maximum Gasteiger partial charge on any atom is 0.500 e. The van der Waals surface area contributed by atoms with E-state index in [4.69, 9.17) is 13.3 Å². The molecule has 0 aromatic carbocycles. The van der Waals surface area contributed by atoms with Crippen molar-refractivity contribution in [1.29, 1.82) is 0 Å². The van der Waals surface area contributed by atoms with Crippen molar-refractivity contribution in [3.63, 3.8) is 0 Å². The van der Waals surface area contributed by atoms with Gasteiger partial charge in [-0.25, -0.2) is 0 Å². The third kappa shape index (κ3) is 8.29. The minimum absolute atomic E-state index is 0.892. The molecular weight excluding hydrogens is 272 g/mol. The third-order valence-corrected chi connectivity index (χ3v) is 7.44. The highest BCUT2D eigenvalue weighted by Gasteiger charge is 2.36. The smallest absolute Gasteiger partial charge is 0.377 e. The molecule has 0 rings (SSSR count). The van der Waals surface area contributed by atoms with Crippen molar-refractivity contribution in [3.05, 3.63) is 12.7 Å². The first-order chi connectivity index (χ1) is 8.24. The summed E-state index contributed by atoms with van der Waals surface area (Å²) in [4.78, 5) is 0. The molecule has 0 saturated heterocycles. The number of hydrogen-bond acceptors (Lipinski definition) is 5. The minimum atomic E-state index is -2.33. The molecule has 0 unspecified atom stereocenters. The van der Waals surface area contributed by atoms with Crippen LogP contribution in [0.15, 0.2) is 12.7 Å². The summed E-state index contributed by atoms with van der Waals surface area (Å²) in [7, 11) is 2.66. The average molecular weight is 297 g/mol. The first-order valence-corrected chi connectivity index (χ1v) is 9.90. The van der Waals surface area contributed by atoms with Crippen LogP contribution in [0.1, 0.15) is 6.42 Å². The van der Waals surface area contributed by atoms with Crippen LogP contribution in [0.2, 0.25) is 6.04 Å². The Morgan fingerprint density at radius 2 is 1.59 bits per heavy atom. The fourth-order valence-corrected chi connectivity index (χ4v) is 5.14. The van der Waals surface area contributed by atoms with Crippen molar-refractivity contribution in [3.8, 4) is 0 Å². The van der Waals surface area contributed by atoms with E-state index in [9.17, 15) is 0 Å². The summed E-state index contributed by atoms with van der Waals surface area (Å²) >= 11 is 3.90. The summed E-state index contributed by atoms with van der Waals surface area (Å²) < 4.78 is 16.1. The van der Waals surface area contributed by atoms with Gasteiger partial charge in [0.15, 0.2) is 0 Å². The van der Waals surface area contributed by atoms with Crippen molar-refractivity contribution < 1.29 is 13.3 Å². The molecule has 0 radical (unpaired) electrons. The third-order valence-electron chi connectivity index (χ3n) is 2.31. The van der Waals surface area contributed by atoms with Gasteiger partial charge in [-0.2, -0.15) is 23.5 Å². The van der Waals surface area contributed by atoms with E-state index in [0.29, 0.717) is 0 Å². The summed E-state index contributed by atoms with van der Waals surface area (Å²) in [6.45, 7) is 3.70. The lowest BCUT2D eigenvalue weighted by Gasteiger charge is -2.24. The fourth-order valence-electron chi connectivity index (χ4n) is 1.33. The Balaban J connectivity index is 3.46. The van der Waals surface area contributed by atoms with E-state index in [1.54, 1.807) is 21.3 Å². The molecule has 0 heterocycles. The molecule has 0 N–H and O–H groups in total. The van der Waals surface area contributed by atoms with Gasteiger partial charge in [0.1, 0.15) is 0 Å². The quantitative estimate of drug-likeness (QED) is 0.314. The predicted octanol–water partition coefficient (Wildman–Crippen LogP) is 2.91. The molecule has 0 atom stereocenters. The topological polar surface area (TPSA) is 27.7 Å². The molecule has 0 saturated carbocycles. The molecule has 3 nitrogen and oxygen atoms in total. The predicted molar refractivity (Wildman–Crippen MR) is 81.1 cm³/mol. The first-order valence-electron chi connectivity index (χ1n) is 5.66. The van der Waals surface area contributed by atoms with Gasteiger partial charge in [0.05, 0.1) is 0 Å². The van der Waals surface area contributed by atoms with Crippen molar-refractivity contribution in [2.75, 3.05) is 44.3 Å². The molecule has 0 aliphatic carbocycles. The summed E-state index contributed by atoms with van der Waals surface area (Å²) in [5.41, 5.74) is 0. The van der Waals surface area contributed by atoms with Crippen LogP contribution >= 0.6 is 23.5 Å². The Kier molecular flexibility index (Phi) is 12.0. The van der Waals surface area contributed by atoms with Crippen molar-refractivity contribution in [2.45, 2.75) is 12.5 Å². The molecule has 0 aliphatic rings. The average Bonchev–Trinajstić information content (AvgIpc) is 2.38. The molecule has 0 spiro atoms. The Morgan fingerprint density at radius 3 is 2.12 bits per heavy atom. The van der Waals surface area contributed by atoms with Crippen molar-refractivity contribution in [1.82, 2.24) is 0 Å². The second kappa shape index (κ2) is 11.6. The van der Waals surface area contributed by atoms with Gasteiger partial charge in [-0.05, 0) is 12.2 Å². The molecule has 6 heteroatoms. The second-order valence-electron chi connectivity index (χ2n) is 3.37. The van der Waals surface area contributed by atoms with Crippen LogP contribution in [0.4, 0.5) is 0 Å². The molecule has 0 bridgehead atoms. The summed E-state index contributed by atoms with van der Waals surface area (Å²) in [5.74, 6) is 4.57. The molecule has 0 aromatic heterocycles. The SMILES string of the molecule is C=CCSCCSCCC[Si](OC)(OC)OC. The number of rotatable bonds is 12. The number of thioether (sulfide) groups is 2. The van der Waals surface area contributed by atoms with Crippen LogP contribution in [0, 0.1) is 0 Å². The Hall–Kier alpha value is 0.537. The lowest BCUT2D eigenvalue weighted by atomic mass is 10.6. The van der Waals surface area contributed by atoms with E-state index >= 15 is 0 Å². The van der Waals surface area contributed by atoms with E-state index in [1.807, 2.05) is 29.6 Å². The summed E-state index contributed by atoms with van der Waals surface area (Å²) in [5, 5.41) is 0. The number of hydrogen-bond donors (Lipinski definition) is 0. The van der Waals surface area contributed by atoms with Crippen LogP contribution in [0.5, 0.6) is 0 Å². The Labute approximate surface area is 115 Å². The van der Waals surface area contributed by atoms with Crippen LogP contribution in [-0.4, -0.2) is 53.1 Å². The summed E-state index contributed by atoms with van der Waals surface area (Å²) in [6, 6.07) is 0.892. The lowest BCUT2D eigenvalue weighted by Crippen LogP contribution is -2.42. The van der Waals surface area contributed by atoms with Crippen LogP contribution in [0.25, 0.3) is 0 Å². The summed E-state index contributed by atoms with van der Waals surface area (Å²) in [6.07, 6.45) is 3.03. The van der Waals surface area contributed by atoms with E-state index in [1.165, 1.54) is 11.5 Å².